The summed E-state index contributed by atoms with van der Waals surface area (Å²) in [4.78, 5) is 36.6. The van der Waals surface area contributed by atoms with Gasteiger partial charge in [-0.1, -0.05) is 37.6 Å². The van der Waals surface area contributed by atoms with E-state index in [0.29, 0.717) is 34.9 Å². The SMILES string of the molecule is CCOC(=O)c1ccc(/C=N\NC(=O)[C@@H](CC(C)C)NC(=O)COc2ccc(Cl)cc2)cc1. The molecule has 176 valence electrons. The first-order valence-electron chi connectivity index (χ1n) is 10.6. The van der Waals surface area contributed by atoms with Gasteiger partial charge in [-0.2, -0.15) is 5.10 Å². The molecule has 0 aliphatic rings. The topological polar surface area (TPSA) is 106 Å². The Balaban J connectivity index is 1.90. The number of hydrazone groups is 1. The van der Waals surface area contributed by atoms with Gasteiger partial charge in [0.15, 0.2) is 6.61 Å². The molecule has 2 aromatic carbocycles. The number of halogens is 1. The van der Waals surface area contributed by atoms with Crippen LogP contribution in [-0.4, -0.2) is 43.3 Å². The maximum atomic E-state index is 12.6. The van der Waals surface area contributed by atoms with Crippen LogP contribution in [-0.2, 0) is 14.3 Å². The number of esters is 1. The maximum absolute atomic E-state index is 12.6. The Morgan fingerprint density at radius 3 is 2.33 bits per heavy atom. The van der Waals surface area contributed by atoms with Gasteiger partial charge in [0.05, 0.1) is 18.4 Å². The molecule has 0 spiro atoms. The minimum Gasteiger partial charge on any atom is -0.484 e. The predicted octanol–water partition coefficient (Wildman–Crippen LogP) is 3.58. The normalized spacial score (nSPS) is 11.8. The van der Waals surface area contributed by atoms with Crippen molar-refractivity contribution in [1.82, 2.24) is 10.7 Å². The summed E-state index contributed by atoms with van der Waals surface area (Å²) in [6, 6.07) is 12.5. The van der Waals surface area contributed by atoms with Gasteiger partial charge >= 0.3 is 5.97 Å². The molecule has 33 heavy (non-hydrogen) atoms. The number of hydrogen-bond donors (Lipinski definition) is 2. The number of amides is 2. The number of benzene rings is 2. The Labute approximate surface area is 198 Å². The zero-order valence-electron chi connectivity index (χ0n) is 18.8. The second-order valence-electron chi connectivity index (χ2n) is 7.57. The lowest BCUT2D eigenvalue weighted by Gasteiger charge is -2.19. The molecule has 8 nitrogen and oxygen atoms in total. The summed E-state index contributed by atoms with van der Waals surface area (Å²) in [6.45, 7) is 5.70. The molecule has 1 atom stereocenters. The van der Waals surface area contributed by atoms with Gasteiger partial charge < -0.3 is 14.8 Å². The lowest BCUT2D eigenvalue weighted by molar-refractivity contribution is -0.130. The summed E-state index contributed by atoms with van der Waals surface area (Å²) in [5, 5.41) is 7.20. The molecule has 0 fully saturated rings. The van der Waals surface area contributed by atoms with E-state index in [4.69, 9.17) is 21.1 Å². The number of rotatable bonds is 11. The highest BCUT2D eigenvalue weighted by atomic mass is 35.5. The molecule has 0 unspecified atom stereocenters. The minimum atomic E-state index is -0.769. The largest absolute Gasteiger partial charge is 0.484 e. The van der Waals surface area contributed by atoms with E-state index in [2.05, 4.69) is 15.8 Å². The van der Waals surface area contributed by atoms with Crippen LogP contribution in [0.15, 0.2) is 53.6 Å². The molecule has 0 saturated carbocycles. The van der Waals surface area contributed by atoms with Gasteiger partial charge in [-0.15, -0.1) is 0 Å². The van der Waals surface area contributed by atoms with Crippen LogP contribution in [0, 0.1) is 5.92 Å². The zero-order chi connectivity index (χ0) is 24.2. The van der Waals surface area contributed by atoms with E-state index in [1.807, 2.05) is 13.8 Å². The highest BCUT2D eigenvalue weighted by Gasteiger charge is 2.22. The number of nitrogens with one attached hydrogen (secondary N) is 2. The van der Waals surface area contributed by atoms with Gasteiger partial charge in [-0.25, -0.2) is 10.2 Å². The van der Waals surface area contributed by atoms with Gasteiger partial charge in [0.25, 0.3) is 11.8 Å². The first-order chi connectivity index (χ1) is 15.8. The fraction of sp³-hybridized carbons (Fsp3) is 0.333. The van der Waals surface area contributed by atoms with Crippen molar-refractivity contribution in [3.63, 3.8) is 0 Å². The van der Waals surface area contributed by atoms with Crippen LogP contribution in [0.5, 0.6) is 5.75 Å². The van der Waals surface area contributed by atoms with Crippen molar-refractivity contribution < 1.29 is 23.9 Å². The summed E-state index contributed by atoms with van der Waals surface area (Å²) >= 11 is 5.83. The molecule has 0 aromatic heterocycles. The molecule has 2 amide bonds. The molecule has 0 aliphatic heterocycles. The van der Waals surface area contributed by atoms with E-state index < -0.39 is 23.8 Å². The summed E-state index contributed by atoms with van der Waals surface area (Å²) in [5.41, 5.74) is 3.56. The minimum absolute atomic E-state index is 0.164. The molecule has 9 heteroatoms. The Bertz CT molecular complexity index is 959. The van der Waals surface area contributed by atoms with Gasteiger partial charge in [0.2, 0.25) is 0 Å². The van der Waals surface area contributed by atoms with Gasteiger partial charge in [0, 0.05) is 5.02 Å². The van der Waals surface area contributed by atoms with E-state index in [0.717, 1.165) is 0 Å². The zero-order valence-corrected chi connectivity index (χ0v) is 19.6. The lowest BCUT2D eigenvalue weighted by Crippen LogP contribution is -2.47. The third-order valence-electron chi connectivity index (χ3n) is 4.35. The fourth-order valence-corrected chi connectivity index (χ4v) is 2.91. The lowest BCUT2D eigenvalue weighted by atomic mass is 10.0. The van der Waals surface area contributed by atoms with Crippen molar-refractivity contribution in [2.45, 2.75) is 33.2 Å². The average Bonchev–Trinajstić information content (AvgIpc) is 2.78. The Morgan fingerprint density at radius 2 is 1.73 bits per heavy atom. The summed E-state index contributed by atoms with van der Waals surface area (Å²) in [6.07, 6.45) is 1.88. The average molecular weight is 474 g/mol. The first-order valence-corrected chi connectivity index (χ1v) is 10.9. The second-order valence-corrected chi connectivity index (χ2v) is 8.01. The number of hydrogen-bond acceptors (Lipinski definition) is 6. The third kappa shape index (κ3) is 9.33. The van der Waals surface area contributed by atoms with Crippen molar-refractivity contribution in [1.29, 1.82) is 0 Å². The molecular weight excluding hydrogens is 446 g/mol. The molecule has 0 radical (unpaired) electrons. The Morgan fingerprint density at radius 1 is 1.06 bits per heavy atom. The van der Waals surface area contributed by atoms with Crippen molar-refractivity contribution in [2.75, 3.05) is 13.2 Å². The van der Waals surface area contributed by atoms with Crippen LogP contribution < -0.4 is 15.5 Å². The smallest absolute Gasteiger partial charge is 0.338 e. The van der Waals surface area contributed by atoms with Crippen LogP contribution in [0.2, 0.25) is 5.02 Å². The standard InChI is InChI=1S/C24H28ClN3O5/c1-4-32-24(31)18-7-5-17(6-8-18)14-26-28-23(30)21(13-16(2)3)27-22(29)15-33-20-11-9-19(25)10-12-20/h5-12,14,16,21H,4,13,15H2,1-3H3,(H,27,29)(H,28,30)/b26-14-/t21-/m1/s1. The first kappa shape index (κ1) is 25.9. The molecule has 2 N–H and O–H groups in total. The summed E-state index contributed by atoms with van der Waals surface area (Å²) in [5.74, 6) is -0.607. The van der Waals surface area contributed by atoms with E-state index in [1.165, 1.54) is 6.21 Å². The highest BCUT2D eigenvalue weighted by molar-refractivity contribution is 6.30. The van der Waals surface area contributed by atoms with Crippen LogP contribution in [0.3, 0.4) is 0 Å². The fourth-order valence-electron chi connectivity index (χ4n) is 2.79. The maximum Gasteiger partial charge on any atom is 0.338 e. The molecule has 2 rings (SSSR count). The van der Waals surface area contributed by atoms with Gasteiger partial charge in [-0.3, -0.25) is 9.59 Å². The summed E-state index contributed by atoms with van der Waals surface area (Å²) < 4.78 is 10.4. The predicted molar refractivity (Wildman–Crippen MR) is 126 cm³/mol. The molecule has 2 aromatic rings. The number of carbonyl (C=O) groups is 3. The van der Waals surface area contributed by atoms with E-state index in [1.54, 1.807) is 55.5 Å². The number of carbonyl (C=O) groups excluding carboxylic acids is 3. The Kier molecular flexibility index (Phi) is 10.4. The van der Waals surface area contributed by atoms with E-state index >= 15 is 0 Å². The molecule has 0 saturated heterocycles. The van der Waals surface area contributed by atoms with Gasteiger partial charge in [0.1, 0.15) is 11.8 Å². The van der Waals surface area contributed by atoms with Crippen molar-refractivity contribution in [3.05, 3.63) is 64.7 Å². The van der Waals surface area contributed by atoms with Crippen LogP contribution >= 0.6 is 11.6 Å². The van der Waals surface area contributed by atoms with Crippen LogP contribution in [0.1, 0.15) is 43.1 Å². The molecule has 0 bridgehead atoms. The Hall–Kier alpha value is -3.39. The van der Waals surface area contributed by atoms with Crippen molar-refractivity contribution in [2.24, 2.45) is 11.0 Å². The number of ether oxygens (including phenoxy) is 2. The second kappa shape index (κ2) is 13.2. The third-order valence-corrected chi connectivity index (χ3v) is 4.60. The van der Waals surface area contributed by atoms with Crippen LogP contribution in [0.4, 0.5) is 0 Å². The molecular formula is C24H28ClN3O5. The van der Waals surface area contributed by atoms with E-state index in [9.17, 15) is 14.4 Å². The summed E-state index contributed by atoms with van der Waals surface area (Å²) in [7, 11) is 0. The van der Waals surface area contributed by atoms with E-state index in [-0.39, 0.29) is 12.5 Å². The van der Waals surface area contributed by atoms with Crippen LogP contribution in [0.25, 0.3) is 0 Å². The molecule has 0 heterocycles. The quantitative estimate of drug-likeness (QED) is 0.295. The van der Waals surface area contributed by atoms with Crippen molar-refractivity contribution >= 4 is 35.6 Å². The van der Waals surface area contributed by atoms with Crippen molar-refractivity contribution in [3.8, 4) is 5.75 Å². The monoisotopic (exact) mass is 473 g/mol. The molecule has 0 aliphatic carbocycles. The van der Waals surface area contributed by atoms with Gasteiger partial charge in [-0.05, 0) is 61.2 Å². The number of nitrogens with zero attached hydrogens (tertiary/aromatic N) is 1. The highest BCUT2D eigenvalue weighted by Crippen LogP contribution is 2.15.